The Balaban J connectivity index is 2.96. The van der Waals surface area contributed by atoms with E-state index in [4.69, 9.17) is 0 Å². The Morgan fingerprint density at radius 2 is 2.07 bits per heavy atom. The number of allylic oxidation sites excluding steroid dienone is 4. The molecular weight excluding hydrogens is 174 g/mol. The van der Waals surface area contributed by atoms with Crippen LogP contribution in [0.5, 0.6) is 0 Å². The minimum absolute atomic E-state index is 0.231. The molecule has 1 saturated carbocycles. The quantitative estimate of drug-likeness (QED) is 0.586. The van der Waals surface area contributed by atoms with Crippen molar-refractivity contribution in [2.45, 2.75) is 33.1 Å². The molecular formula is C12H17NO. The number of carbonyl (C=O) groups excluding carboxylic acids is 1. The fourth-order valence-corrected chi connectivity index (χ4v) is 1.52. The van der Waals surface area contributed by atoms with Crippen LogP contribution in [0.15, 0.2) is 28.3 Å². The molecule has 0 radical (unpaired) electrons. The number of rotatable bonds is 1. The van der Waals surface area contributed by atoms with Gasteiger partial charge >= 0.3 is 0 Å². The molecule has 0 spiro atoms. The molecule has 0 amide bonds. The number of aliphatic imine (C=N–C) groups is 1. The molecule has 1 fully saturated rings. The number of hydrogen-bond donors (Lipinski definition) is 0. The highest BCUT2D eigenvalue weighted by molar-refractivity contribution is 6.24. The Kier molecular flexibility index (Phi) is 3.81. The summed E-state index contributed by atoms with van der Waals surface area (Å²) < 4.78 is 0. The van der Waals surface area contributed by atoms with Gasteiger partial charge in [0.05, 0.1) is 0 Å². The van der Waals surface area contributed by atoms with Gasteiger partial charge in [0.15, 0.2) is 5.78 Å². The van der Waals surface area contributed by atoms with E-state index >= 15 is 0 Å². The second-order valence-corrected chi connectivity index (χ2v) is 3.77. The molecule has 0 atom stereocenters. The second kappa shape index (κ2) is 4.89. The predicted molar refractivity (Wildman–Crippen MR) is 59.7 cm³/mol. The first-order valence-electron chi connectivity index (χ1n) is 4.99. The monoisotopic (exact) mass is 191 g/mol. The van der Waals surface area contributed by atoms with Gasteiger partial charge in [-0.25, -0.2) is 0 Å². The van der Waals surface area contributed by atoms with Gasteiger partial charge in [-0.3, -0.25) is 9.79 Å². The molecule has 0 saturated heterocycles. The van der Waals surface area contributed by atoms with Crippen molar-refractivity contribution in [2.75, 3.05) is 7.05 Å². The number of hydrogen-bond acceptors (Lipinski definition) is 2. The molecule has 0 heterocycles. The van der Waals surface area contributed by atoms with Crippen LogP contribution in [0.25, 0.3) is 0 Å². The highest BCUT2D eigenvalue weighted by atomic mass is 16.1. The molecule has 0 unspecified atom stereocenters. The number of Topliss-reactive ketones (excluding diaryl/α,β-unsaturated/α-hetero) is 1. The normalized spacial score (nSPS) is 22.9. The first kappa shape index (κ1) is 10.9. The lowest BCUT2D eigenvalue weighted by Crippen LogP contribution is -2.18. The lowest BCUT2D eigenvalue weighted by atomic mass is 9.91. The summed E-state index contributed by atoms with van der Waals surface area (Å²) in [6, 6.07) is 0. The van der Waals surface area contributed by atoms with E-state index in [1.165, 1.54) is 5.57 Å². The molecule has 0 N–H and O–H groups in total. The van der Waals surface area contributed by atoms with Gasteiger partial charge in [0, 0.05) is 24.8 Å². The van der Waals surface area contributed by atoms with Crippen molar-refractivity contribution in [3.63, 3.8) is 0 Å². The average molecular weight is 191 g/mol. The Morgan fingerprint density at radius 1 is 1.36 bits per heavy atom. The maximum atomic E-state index is 11.6. The summed E-state index contributed by atoms with van der Waals surface area (Å²) in [4.78, 5) is 15.8. The molecule has 0 aliphatic heterocycles. The van der Waals surface area contributed by atoms with Crippen LogP contribution in [0.3, 0.4) is 0 Å². The zero-order valence-electron chi connectivity index (χ0n) is 9.13. The summed E-state index contributed by atoms with van der Waals surface area (Å²) in [6.45, 7) is 4.04. The summed E-state index contributed by atoms with van der Waals surface area (Å²) >= 11 is 0. The van der Waals surface area contributed by atoms with Crippen molar-refractivity contribution in [1.82, 2.24) is 0 Å². The van der Waals surface area contributed by atoms with E-state index in [-0.39, 0.29) is 5.78 Å². The van der Waals surface area contributed by atoms with E-state index in [9.17, 15) is 4.79 Å². The van der Waals surface area contributed by atoms with Gasteiger partial charge in [-0.1, -0.05) is 11.6 Å². The minimum atomic E-state index is 0.231. The van der Waals surface area contributed by atoms with E-state index in [2.05, 4.69) is 4.99 Å². The topological polar surface area (TPSA) is 29.4 Å². The molecule has 1 aliphatic carbocycles. The van der Waals surface area contributed by atoms with Crippen LogP contribution in [-0.4, -0.2) is 18.5 Å². The molecule has 0 aromatic rings. The van der Waals surface area contributed by atoms with E-state index in [1.807, 2.05) is 26.0 Å². The summed E-state index contributed by atoms with van der Waals surface area (Å²) in [5.74, 6) is 0.231. The fourth-order valence-electron chi connectivity index (χ4n) is 1.52. The van der Waals surface area contributed by atoms with Crippen molar-refractivity contribution < 1.29 is 4.79 Å². The first-order chi connectivity index (χ1) is 6.65. The summed E-state index contributed by atoms with van der Waals surface area (Å²) in [7, 11) is 1.75. The van der Waals surface area contributed by atoms with E-state index in [0.717, 1.165) is 24.1 Å². The fraction of sp³-hybridized carbons (Fsp3) is 0.500. The molecule has 0 bridgehead atoms. The number of ketones is 1. The van der Waals surface area contributed by atoms with Gasteiger partial charge in [0.25, 0.3) is 0 Å². The third kappa shape index (κ3) is 2.66. The van der Waals surface area contributed by atoms with Gasteiger partial charge in [-0.05, 0) is 32.8 Å². The Morgan fingerprint density at radius 3 is 2.64 bits per heavy atom. The Hall–Kier alpha value is -1.18. The largest absolute Gasteiger partial charge is 0.294 e. The smallest absolute Gasteiger partial charge is 0.164 e. The molecule has 14 heavy (non-hydrogen) atoms. The molecule has 2 heteroatoms. The third-order valence-electron chi connectivity index (χ3n) is 2.28. The maximum Gasteiger partial charge on any atom is 0.164 e. The van der Waals surface area contributed by atoms with Crippen LogP contribution in [0.1, 0.15) is 33.1 Å². The lowest BCUT2D eigenvalue weighted by molar-refractivity contribution is -0.115. The van der Waals surface area contributed by atoms with Gasteiger partial charge in [-0.2, -0.15) is 0 Å². The zero-order valence-corrected chi connectivity index (χ0v) is 9.13. The van der Waals surface area contributed by atoms with Crippen LogP contribution in [0, 0.1) is 0 Å². The summed E-state index contributed by atoms with van der Waals surface area (Å²) in [5, 5.41) is 0. The van der Waals surface area contributed by atoms with E-state index < -0.39 is 0 Å². The summed E-state index contributed by atoms with van der Waals surface area (Å²) in [6.07, 6.45) is 6.42. The molecule has 2 nitrogen and oxygen atoms in total. The van der Waals surface area contributed by atoms with E-state index in [1.54, 1.807) is 7.05 Å². The molecule has 76 valence electrons. The third-order valence-corrected chi connectivity index (χ3v) is 2.28. The first-order valence-corrected chi connectivity index (χ1v) is 4.99. The summed E-state index contributed by atoms with van der Waals surface area (Å²) in [5.41, 5.74) is 2.96. The zero-order chi connectivity index (χ0) is 10.6. The van der Waals surface area contributed by atoms with Crippen LogP contribution < -0.4 is 0 Å². The number of nitrogens with zero attached hydrogens (tertiary/aromatic N) is 1. The van der Waals surface area contributed by atoms with Crippen molar-refractivity contribution in [2.24, 2.45) is 4.99 Å². The second-order valence-electron chi connectivity index (χ2n) is 3.77. The van der Waals surface area contributed by atoms with Crippen molar-refractivity contribution in [3.8, 4) is 0 Å². The minimum Gasteiger partial charge on any atom is -0.294 e. The lowest BCUT2D eigenvalue weighted by Gasteiger charge is -2.14. The van der Waals surface area contributed by atoms with Crippen LogP contribution >= 0.6 is 0 Å². The Labute approximate surface area is 85.4 Å². The van der Waals surface area contributed by atoms with Crippen LogP contribution in [-0.2, 0) is 4.79 Å². The SMILES string of the molecule is CN=C1CCCC(=O)/C1=C/C=C(C)C. The average Bonchev–Trinajstić information content (AvgIpc) is 2.15. The van der Waals surface area contributed by atoms with Gasteiger partial charge in [0.2, 0.25) is 0 Å². The van der Waals surface area contributed by atoms with Crippen molar-refractivity contribution in [3.05, 3.63) is 23.3 Å². The van der Waals surface area contributed by atoms with Crippen LogP contribution in [0.4, 0.5) is 0 Å². The van der Waals surface area contributed by atoms with Crippen LogP contribution in [0.2, 0.25) is 0 Å². The molecule has 1 rings (SSSR count). The molecule has 1 aliphatic rings. The van der Waals surface area contributed by atoms with Crippen molar-refractivity contribution >= 4 is 11.5 Å². The number of carbonyl (C=O) groups is 1. The van der Waals surface area contributed by atoms with Gasteiger partial charge in [-0.15, -0.1) is 0 Å². The van der Waals surface area contributed by atoms with E-state index in [0.29, 0.717) is 6.42 Å². The predicted octanol–water partition coefficient (Wildman–Crippen LogP) is 2.70. The standard InChI is InChI=1S/C12H17NO/c1-9(2)7-8-10-11(13-3)5-4-6-12(10)14/h7-8H,4-6H2,1-3H3/b10-8+,13-11?. The Bertz CT molecular complexity index is 317. The highest BCUT2D eigenvalue weighted by Gasteiger charge is 2.19. The highest BCUT2D eigenvalue weighted by Crippen LogP contribution is 2.18. The molecule has 0 aromatic carbocycles. The molecule has 0 aromatic heterocycles. The van der Waals surface area contributed by atoms with Gasteiger partial charge in [0.1, 0.15) is 0 Å². The van der Waals surface area contributed by atoms with Crippen molar-refractivity contribution in [1.29, 1.82) is 0 Å². The van der Waals surface area contributed by atoms with Gasteiger partial charge < -0.3 is 0 Å². The maximum absolute atomic E-state index is 11.6.